The number of amides is 1. The van der Waals surface area contributed by atoms with E-state index in [9.17, 15) is 4.79 Å². The first-order valence-electron chi connectivity index (χ1n) is 4.85. The molecular formula is C10H13N3O2. The highest BCUT2D eigenvalue weighted by Gasteiger charge is 2.24. The normalized spacial score (nSPS) is 14.7. The van der Waals surface area contributed by atoms with Crippen LogP contribution in [-0.4, -0.2) is 17.0 Å². The molecule has 80 valence electrons. The Hall–Kier alpha value is -1.78. The zero-order valence-electron chi connectivity index (χ0n) is 8.49. The Kier molecular flexibility index (Phi) is 2.45. The van der Waals surface area contributed by atoms with Gasteiger partial charge in [0.05, 0.1) is 18.0 Å². The van der Waals surface area contributed by atoms with Gasteiger partial charge in [0.1, 0.15) is 5.82 Å². The van der Waals surface area contributed by atoms with Crippen LogP contribution >= 0.6 is 0 Å². The third kappa shape index (κ3) is 2.59. The molecule has 1 aromatic heterocycles. The number of anilines is 2. The van der Waals surface area contributed by atoms with E-state index in [1.165, 1.54) is 6.92 Å². The molecule has 1 aliphatic rings. The first kappa shape index (κ1) is 9.76. The number of nitrogen functional groups attached to an aromatic ring is 1. The van der Waals surface area contributed by atoms with Gasteiger partial charge in [-0.1, -0.05) is 0 Å². The third-order valence-electron chi connectivity index (χ3n) is 2.02. The Bertz CT molecular complexity index is 388. The van der Waals surface area contributed by atoms with Crippen LogP contribution in [-0.2, 0) is 4.79 Å². The van der Waals surface area contributed by atoms with Gasteiger partial charge in [0.2, 0.25) is 5.91 Å². The molecule has 0 unspecified atom stereocenters. The minimum absolute atomic E-state index is 0.169. The Morgan fingerprint density at radius 3 is 2.93 bits per heavy atom. The van der Waals surface area contributed by atoms with Crippen molar-refractivity contribution in [2.24, 2.45) is 0 Å². The molecule has 1 heterocycles. The fraction of sp³-hybridized carbons (Fsp3) is 0.400. The molecule has 1 saturated carbocycles. The van der Waals surface area contributed by atoms with Gasteiger partial charge in [-0.15, -0.1) is 0 Å². The van der Waals surface area contributed by atoms with Crippen molar-refractivity contribution >= 4 is 17.4 Å². The molecule has 2 rings (SSSR count). The fourth-order valence-corrected chi connectivity index (χ4v) is 1.17. The van der Waals surface area contributed by atoms with Crippen molar-refractivity contribution in [2.75, 3.05) is 11.1 Å². The number of pyridine rings is 1. The molecule has 0 saturated heterocycles. The van der Waals surface area contributed by atoms with E-state index in [2.05, 4.69) is 10.3 Å². The lowest BCUT2D eigenvalue weighted by Gasteiger charge is -2.08. The van der Waals surface area contributed by atoms with E-state index in [-0.39, 0.29) is 5.91 Å². The van der Waals surface area contributed by atoms with Crippen molar-refractivity contribution in [2.45, 2.75) is 25.9 Å². The highest BCUT2D eigenvalue weighted by atomic mass is 16.5. The van der Waals surface area contributed by atoms with Crippen LogP contribution in [0.4, 0.5) is 11.5 Å². The molecule has 1 amide bonds. The van der Waals surface area contributed by atoms with E-state index in [0.29, 0.717) is 23.4 Å². The van der Waals surface area contributed by atoms with Crippen molar-refractivity contribution in [3.05, 3.63) is 12.3 Å². The van der Waals surface area contributed by atoms with Crippen molar-refractivity contribution in [3.8, 4) is 5.75 Å². The van der Waals surface area contributed by atoms with Crippen LogP contribution in [0.3, 0.4) is 0 Å². The summed E-state index contributed by atoms with van der Waals surface area (Å²) >= 11 is 0. The Morgan fingerprint density at radius 2 is 2.40 bits per heavy atom. The van der Waals surface area contributed by atoms with E-state index in [1.54, 1.807) is 12.3 Å². The molecule has 1 aromatic rings. The quantitative estimate of drug-likeness (QED) is 0.779. The molecule has 5 heteroatoms. The topological polar surface area (TPSA) is 77.2 Å². The summed E-state index contributed by atoms with van der Waals surface area (Å²) in [6.45, 7) is 1.42. The number of hydrogen-bond donors (Lipinski definition) is 2. The molecule has 0 bridgehead atoms. The summed E-state index contributed by atoms with van der Waals surface area (Å²) in [7, 11) is 0. The van der Waals surface area contributed by atoms with Gasteiger partial charge < -0.3 is 15.8 Å². The van der Waals surface area contributed by atoms with Crippen LogP contribution in [0.2, 0.25) is 0 Å². The standard InChI is InChI=1S/C10H13N3O2/c1-6(14)13-10-4-8(11)9(5-12-10)15-7-2-3-7/h4-5,7H,2-3H2,1H3,(H3,11,12,13,14). The van der Waals surface area contributed by atoms with Gasteiger partial charge in [-0.3, -0.25) is 4.79 Å². The molecule has 1 fully saturated rings. The van der Waals surface area contributed by atoms with E-state index in [1.807, 2.05) is 0 Å². The van der Waals surface area contributed by atoms with Crippen LogP contribution in [0.15, 0.2) is 12.3 Å². The largest absolute Gasteiger partial charge is 0.487 e. The lowest BCUT2D eigenvalue weighted by atomic mass is 10.3. The maximum absolute atomic E-state index is 10.8. The maximum Gasteiger partial charge on any atom is 0.222 e. The first-order chi connectivity index (χ1) is 7.15. The predicted molar refractivity (Wildman–Crippen MR) is 56.6 cm³/mol. The van der Waals surface area contributed by atoms with Crippen LogP contribution < -0.4 is 15.8 Å². The molecule has 15 heavy (non-hydrogen) atoms. The van der Waals surface area contributed by atoms with Crippen LogP contribution in [0.5, 0.6) is 5.75 Å². The molecule has 0 spiro atoms. The Morgan fingerprint density at radius 1 is 1.67 bits per heavy atom. The summed E-state index contributed by atoms with van der Waals surface area (Å²) in [5.41, 5.74) is 6.26. The van der Waals surface area contributed by atoms with Crippen molar-refractivity contribution in [1.82, 2.24) is 4.98 Å². The van der Waals surface area contributed by atoms with Gasteiger partial charge in [-0.25, -0.2) is 4.98 Å². The highest BCUT2D eigenvalue weighted by molar-refractivity contribution is 5.88. The second-order valence-electron chi connectivity index (χ2n) is 3.61. The van der Waals surface area contributed by atoms with Gasteiger partial charge in [0, 0.05) is 13.0 Å². The SMILES string of the molecule is CC(=O)Nc1cc(N)c(OC2CC2)cn1. The molecular weight excluding hydrogens is 194 g/mol. The molecule has 1 aliphatic carbocycles. The minimum atomic E-state index is -0.169. The van der Waals surface area contributed by atoms with Crippen LogP contribution in [0.25, 0.3) is 0 Å². The Labute approximate surface area is 87.6 Å². The number of aromatic nitrogens is 1. The molecule has 0 aliphatic heterocycles. The van der Waals surface area contributed by atoms with Gasteiger partial charge in [-0.2, -0.15) is 0 Å². The van der Waals surface area contributed by atoms with Crippen LogP contribution in [0, 0.1) is 0 Å². The van der Waals surface area contributed by atoms with Crippen LogP contribution in [0.1, 0.15) is 19.8 Å². The van der Waals surface area contributed by atoms with E-state index in [4.69, 9.17) is 10.5 Å². The summed E-state index contributed by atoms with van der Waals surface area (Å²) in [6, 6.07) is 1.60. The second-order valence-corrected chi connectivity index (χ2v) is 3.61. The van der Waals surface area contributed by atoms with Gasteiger partial charge in [0.15, 0.2) is 5.75 Å². The van der Waals surface area contributed by atoms with Gasteiger partial charge in [-0.05, 0) is 12.8 Å². The smallest absolute Gasteiger partial charge is 0.222 e. The molecule has 3 N–H and O–H groups in total. The number of rotatable bonds is 3. The lowest BCUT2D eigenvalue weighted by molar-refractivity contribution is -0.114. The van der Waals surface area contributed by atoms with E-state index >= 15 is 0 Å². The number of carbonyl (C=O) groups is 1. The molecule has 0 radical (unpaired) electrons. The van der Waals surface area contributed by atoms with E-state index < -0.39 is 0 Å². The first-order valence-corrected chi connectivity index (χ1v) is 4.85. The summed E-state index contributed by atoms with van der Waals surface area (Å²) in [5.74, 6) is 0.868. The number of nitrogens with zero attached hydrogens (tertiary/aromatic N) is 1. The predicted octanol–water partition coefficient (Wildman–Crippen LogP) is 1.16. The minimum Gasteiger partial charge on any atom is -0.487 e. The zero-order chi connectivity index (χ0) is 10.8. The number of hydrogen-bond acceptors (Lipinski definition) is 4. The summed E-state index contributed by atoms with van der Waals surface area (Å²) in [4.78, 5) is 14.8. The number of nitrogens with two attached hydrogens (primary N) is 1. The van der Waals surface area contributed by atoms with Gasteiger partial charge >= 0.3 is 0 Å². The Balaban J connectivity index is 2.10. The maximum atomic E-state index is 10.8. The highest BCUT2D eigenvalue weighted by Crippen LogP contribution is 2.30. The average Bonchev–Trinajstić information content (AvgIpc) is 2.92. The molecule has 5 nitrogen and oxygen atoms in total. The lowest BCUT2D eigenvalue weighted by Crippen LogP contribution is -2.08. The average molecular weight is 207 g/mol. The van der Waals surface area contributed by atoms with Gasteiger partial charge in [0.25, 0.3) is 0 Å². The fourth-order valence-electron chi connectivity index (χ4n) is 1.17. The third-order valence-corrected chi connectivity index (χ3v) is 2.02. The van der Waals surface area contributed by atoms with Crippen molar-refractivity contribution < 1.29 is 9.53 Å². The molecule has 0 aromatic carbocycles. The van der Waals surface area contributed by atoms with E-state index in [0.717, 1.165) is 12.8 Å². The summed E-state index contributed by atoms with van der Waals surface area (Å²) in [5, 5.41) is 2.56. The zero-order valence-corrected chi connectivity index (χ0v) is 8.49. The molecule has 0 atom stereocenters. The summed E-state index contributed by atoms with van der Waals surface area (Å²) < 4.78 is 5.52. The summed E-state index contributed by atoms with van der Waals surface area (Å²) in [6.07, 6.45) is 3.99. The van der Waals surface area contributed by atoms with Crippen molar-refractivity contribution in [1.29, 1.82) is 0 Å². The van der Waals surface area contributed by atoms with Crippen molar-refractivity contribution in [3.63, 3.8) is 0 Å². The number of carbonyl (C=O) groups excluding carboxylic acids is 1. The number of nitrogens with one attached hydrogen (secondary N) is 1. The second kappa shape index (κ2) is 3.76. The number of ether oxygens (including phenoxy) is 1. The monoisotopic (exact) mass is 207 g/mol.